The number of amides is 1. The summed E-state index contributed by atoms with van der Waals surface area (Å²) in [5.74, 6) is 0.842. The lowest BCUT2D eigenvalue weighted by atomic mass is 10.1. The molecule has 3 aromatic heterocycles. The average molecular weight is 402 g/mol. The van der Waals surface area contributed by atoms with Crippen LogP contribution in [0.4, 0.5) is 5.82 Å². The zero-order valence-corrected chi connectivity index (χ0v) is 16.7. The predicted octanol–water partition coefficient (Wildman–Crippen LogP) is 2.05. The van der Waals surface area contributed by atoms with E-state index in [-0.39, 0.29) is 11.9 Å². The number of carbonyl (C=O) groups excluding carboxylic acids is 1. The minimum atomic E-state index is -0.00997. The topological polar surface area (TPSA) is 84.5 Å². The van der Waals surface area contributed by atoms with E-state index < -0.39 is 0 Å². The minimum absolute atomic E-state index is 0.00997. The van der Waals surface area contributed by atoms with E-state index in [1.807, 2.05) is 46.0 Å². The fraction of sp³-hybridized carbons (Fsp3) is 0.286. The van der Waals surface area contributed by atoms with E-state index in [9.17, 15) is 4.79 Å². The lowest BCUT2D eigenvalue weighted by Gasteiger charge is -2.27. The van der Waals surface area contributed by atoms with Crippen molar-refractivity contribution < 1.29 is 4.79 Å². The third kappa shape index (κ3) is 3.18. The molecule has 1 amide bonds. The van der Waals surface area contributed by atoms with Gasteiger partial charge in [-0.2, -0.15) is 15.0 Å². The van der Waals surface area contributed by atoms with Crippen LogP contribution in [0.5, 0.6) is 0 Å². The summed E-state index contributed by atoms with van der Waals surface area (Å²) in [6.45, 7) is 4.20. The largest absolute Gasteiger partial charge is 0.352 e. The van der Waals surface area contributed by atoms with Crippen LogP contribution in [0.3, 0.4) is 0 Å². The van der Waals surface area contributed by atoms with E-state index in [0.717, 1.165) is 24.4 Å². The molecule has 9 heteroatoms. The Morgan fingerprint density at radius 2 is 1.73 bits per heavy atom. The van der Waals surface area contributed by atoms with Crippen LogP contribution in [0.2, 0.25) is 0 Å². The van der Waals surface area contributed by atoms with E-state index in [2.05, 4.69) is 32.0 Å². The number of hydrogen-bond acceptors (Lipinski definition) is 6. The quantitative estimate of drug-likeness (QED) is 0.522. The Kier molecular flexibility index (Phi) is 4.62. The second kappa shape index (κ2) is 7.58. The van der Waals surface area contributed by atoms with Gasteiger partial charge in [-0.15, -0.1) is 0 Å². The molecule has 152 valence electrons. The van der Waals surface area contributed by atoms with Crippen LogP contribution in [0.1, 0.15) is 23.7 Å². The van der Waals surface area contributed by atoms with Gasteiger partial charge in [0.1, 0.15) is 0 Å². The maximum absolute atomic E-state index is 13.5. The van der Waals surface area contributed by atoms with Crippen LogP contribution in [0.15, 0.2) is 61.4 Å². The van der Waals surface area contributed by atoms with E-state index in [1.54, 1.807) is 24.8 Å². The second-order valence-corrected chi connectivity index (χ2v) is 7.37. The highest BCUT2D eigenvalue weighted by atomic mass is 16.2. The molecule has 0 N–H and O–H groups in total. The molecule has 0 radical (unpaired) electrons. The normalized spacial score (nSPS) is 17.3. The Balaban J connectivity index is 1.42. The smallest absolute Gasteiger partial charge is 0.256 e. The van der Waals surface area contributed by atoms with E-state index in [0.29, 0.717) is 24.3 Å². The SMILES string of the molecule is C[C@@H]1CCN(c2nccn3ccnc23)CCN1C(=O)c1ccccc1-n1nccn1. The van der Waals surface area contributed by atoms with Crippen molar-refractivity contribution in [2.24, 2.45) is 0 Å². The Morgan fingerprint density at radius 1 is 0.967 bits per heavy atom. The number of carbonyl (C=O) groups is 1. The number of fused-ring (bicyclic) bond motifs is 1. The van der Waals surface area contributed by atoms with Gasteiger partial charge >= 0.3 is 0 Å². The van der Waals surface area contributed by atoms with Crippen LogP contribution < -0.4 is 4.90 Å². The summed E-state index contributed by atoms with van der Waals surface area (Å²) in [6, 6.07) is 7.56. The molecular formula is C21H22N8O. The van der Waals surface area contributed by atoms with Crippen LogP contribution >= 0.6 is 0 Å². The Hall–Kier alpha value is -3.75. The molecule has 1 aliphatic rings. The van der Waals surface area contributed by atoms with Crippen molar-refractivity contribution in [1.29, 1.82) is 0 Å². The molecular weight excluding hydrogens is 380 g/mol. The first kappa shape index (κ1) is 18.3. The first-order valence-corrected chi connectivity index (χ1v) is 10.0. The molecule has 4 heterocycles. The lowest BCUT2D eigenvalue weighted by Crippen LogP contribution is -2.40. The molecule has 9 nitrogen and oxygen atoms in total. The van der Waals surface area contributed by atoms with Gasteiger partial charge in [0.15, 0.2) is 11.5 Å². The third-order valence-electron chi connectivity index (χ3n) is 5.58. The summed E-state index contributed by atoms with van der Waals surface area (Å²) in [5.41, 5.74) is 2.12. The van der Waals surface area contributed by atoms with Crippen LogP contribution in [-0.2, 0) is 0 Å². The summed E-state index contributed by atoms with van der Waals surface area (Å²) in [6.07, 6.45) is 11.4. The molecule has 1 saturated heterocycles. The number of nitrogens with zero attached hydrogens (tertiary/aromatic N) is 8. The summed E-state index contributed by atoms with van der Waals surface area (Å²) in [5, 5.41) is 8.39. The fourth-order valence-corrected chi connectivity index (χ4v) is 3.96. The van der Waals surface area contributed by atoms with Crippen molar-refractivity contribution >= 4 is 17.4 Å². The molecule has 0 bridgehead atoms. The van der Waals surface area contributed by atoms with Gasteiger partial charge in [0, 0.05) is 50.5 Å². The molecule has 1 atom stereocenters. The highest BCUT2D eigenvalue weighted by Crippen LogP contribution is 2.23. The highest BCUT2D eigenvalue weighted by molar-refractivity contribution is 5.98. The average Bonchev–Trinajstić information content (AvgIpc) is 3.44. The molecule has 4 aromatic rings. The minimum Gasteiger partial charge on any atom is -0.352 e. The molecule has 0 saturated carbocycles. The number of benzene rings is 1. The van der Waals surface area contributed by atoms with Crippen molar-refractivity contribution in [3.63, 3.8) is 0 Å². The molecule has 30 heavy (non-hydrogen) atoms. The molecule has 5 rings (SSSR count). The first-order chi connectivity index (χ1) is 14.7. The standard InChI is InChI=1S/C21H22N8O/c1-16-6-11-26(19-20-23-10-13-27(20)12-9-22-19)14-15-28(16)21(30)17-4-2-3-5-18(17)29-24-7-8-25-29/h2-5,7-10,12-13,16H,6,11,14-15H2,1H3/t16-/m1/s1. The van der Waals surface area contributed by atoms with E-state index in [4.69, 9.17) is 0 Å². The van der Waals surface area contributed by atoms with Gasteiger partial charge in [-0.05, 0) is 25.5 Å². The zero-order valence-electron chi connectivity index (χ0n) is 16.7. The van der Waals surface area contributed by atoms with Gasteiger partial charge in [-0.25, -0.2) is 9.97 Å². The third-order valence-corrected chi connectivity index (χ3v) is 5.58. The summed E-state index contributed by atoms with van der Waals surface area (Å²) >= 11 is 0. The van der Waals surface area contributed by atoms with Crippen LogP contribution in [-0.4, -0.2) is 65.8 Å². The molecule has 0 spiro atoms. The van der Waals surface area contributed by atoms with E-state index >= 15 is 0 Å². The molecule has 0 unspecified atom stereocenters. The number of para-hydroxylation sites is 1. The molecule has 0 aliphatic carbocycles. The lowest BCUT2D eigenvalue weighted by molar-refractivity contribution is 0.0705. The van der Waals surface area contributed by atoms with Gasteiger partial charge in [-0.1, -0.05) is 12.1 Å². The van der Waals surface area contributed by atoms with Crippen LogP contribution in [0, 0.1) is 0 Å². The maximum atomic E-state index is 13.5. The summed E-state index contributed by atoms with van der Waals surface area (Å²) in [4.78, 5) is 28.2. The van der Waals surface area contributed by atoms with Crippen molar-refractivity contribution in [2.75, 3.05) is 24.5 Å². The van der Waals surface area contributed by atoms with Gasteiger partial charge in [0.25, 0.3) is 5.91 Å². The van der Waals surface area contributed by atoms with Crippen molar-refractivity contribution in [3.05, 3.63) is 67.0 Å². The van der Waals surface area contributed by atoms with Crippen molar-refractivity contribution in [1.82, 2.24) is 34.3 Å². The van der Waals surface area contributed by atoms with E-state index in [1.165, 1.54) is 4.80 Å². The number of aromatic nitrogens is 6. The van der Waals surface area contributed by atoms with Crippen LogP contribution in [0.25, 0.3) is 11.3 Å². The van der Waals surface area contributed by atoms with Gasteiger partial charge in [0.05, 0.1) is 23.6 Å². The summed E-state index contributed by atoms with van der Waals surface area (Å²) < 4.78 is 1.97. The Morgan fingerprint density at radius 3 is 2.57 bits per heavy atom. The summed E-state index contributed by atoms with van der Waals surface area (Å²) in [7, 11) is 0. The fourth-order valence-electron chi connectivity index (χ4n) is 3.96. The molecule has 1 aliphatic heterocycles. The molecule has 1 fully saturated rings. The van der Waals surface area contributed by atoms with Gasteiger partial charge in [-0.3, -0.25) is 4.79 Å². The number of hydrogen-bond donors (Lipinski definition) is 0. The second-order valence-electron chi connectivity index (χ2n) is 7.37. The van der Waals surface area contributed by atoms with Gasteiger partial charge in [0.2, 0.25) is 0 Å². The number of anilines is 1. The highest BCUT2D eigenvalue weighted by Gasteiger charge is 2.28. The predicted molar refractivity (Wildman–Crippen MR) is 112 cm³/mol. The Labute approximate surface area is 173 Å². The van der Waals surface area contributed by atoms with Crippen molar-refractivity contribution in [3.8, 4) is 5.69 Å². The maximum Gasteiger partial charge on any atom is 0.256 e. The zero-order chi connectivity index (χ0) is 20.5. The van der Waals surface area contributed by atoms with Crippen molar-refractivity contribution in [2.45, 2.75) is 19.4 Å². The first-order valence-electron chi connectivity index (χ1n) is 10.0. The number of imidazole rings is 1. The van der Waals surface area contributed by atoms with Gasteiger partial charge < -0.3 is 14.2 Å². The number of rotatable bonds is 3. The monoisotopic (exact) mass is 402 g/mol. The molecule has 1 aromatic carbocycles. The Bertz CT molecular complexity index is 1170.